The van der Waals surface area contributed by atoms with Crippen LogP contribution in [0.3, 0.4) is 0 Å². The van der Waals surface area contributed by atoms with E-state index in [4.69, 9.17) is 0 Å². The van der Waals surface area contributed by atoms with Crippen LogP contribution in [-0.2, 0) is 16.8 Å². The molecule has 0 radical (unpaired) electrons. The smallest absolute Gasteiger partial charge is 0.150 e. The molecule has 0 bridgehead atoms. The fourth-order valence-electron chi connectivity index (χ4n) is 5.21. The topological polar surface area (TPSA) is 29.1 Å². The number of carbonyl (C=O) groups excluding carboxylic acids is 1. The summed E-state index contributed by atoms with van der Waals surface area (Å²) in [5.41, 5.74) is 3.86. The molecule has 0 aromatic heterocycles. The molecule has 1 N–H and O–H groups in total. The summed E-state index contributed by atoms with van der Waals surface area (Å²) in [5, 5.41) is 3.93. The lowest BCUT2D eigenvalue weighted by Crippen LogP contribution is -2.54. The summed E-state index contributed by atoms with van der Waals surface area (Å²) in [6, 6.07) is 41.4. The van der Waals surface area contributed by atoms with E-state index in [-0.39, 0.29) is 23.7 Å². The van der Waals surface area contributed by atoms with Gasteiger partial charge in [-0.3, -0.25) is 10.1 Å². The zero-order chi connectivity index (χ0) is 26.1. The predicted octanol–water partition coefficient (Wildman–Crippen LogP) is 7.60. The van der Waals surface area contributed by atoms with Gasteiger partial charge in [-0.15, -0.1) is 6.58 Å². The van der Waals surface area contributed by atoms with Crippen LogP contribution in [0.4, 0.5) is 0 Å². The lowest BCUT2D eigenvalue weighted by molar-refractivity contribution is -0.123. The Balaban J connectivity index is 1.75. The van der Waals surface area contributed by atoms with Crippen molar-refractivity contribution in [2.45, 2.75) is 38.3 Å². The second-order valence-electron chi connectivity index (χ2n) is 10.1. The Labute approximate surface area is 222 Å². The normalized spacial score (nSPS) is 13.2. The molecule has 2 atom stereocenters. The largest absolute Gasteiger partial charge is 0.298 e. The number of benzene rings is 4. The van der Waals surface area contributed by atoms with Crippen molar-refractivity contribution in [1.29, 1.82) is 0 Å². The highest BCUT2D eigenvalue weighted by molar-refractivity contribution is 5.85. The van der Waals surface area contributed by atoms with Crippen molar-refractivity contribution in [3.05, 3.63) is 156 Å². The molecule has 4 aromatic rings. The molecule has 0 fully saturated rings. The summed E-state index contributed by atoms with van der Waals surface area (Å²) >= 11 is 0. The number of rotatable bonds is 12. The van der Waals surface area contributed by atoms with Crippen LogP contribution in [-0.4, -0.2) is 11.8 Å². The zero-order valence-electron chi connectivity index (χ0n) is 21.9. The van der Waals surface area contributed by atoms with Crippen LogP contribution < -0.4 is 5.32 Å². The molecule has 37 heavy (non-hydrogen) atoms. The van der Waals surface area contributed by atoms with Crippen molar-refractivity contribution in [3.63, 3.8) is 0 Å². The molecule has 0 spiro atoms. The van der Waals surface area contributed by atoms with E-state index in [9.17, 15) is 4.79 Å². The molecular weight excluding hydrogens is 450 g/mol. The van der Waals surface area contributed by atoms with Gasteiger partial charge in [0, 0.05) is 6.42 Å². The second-order valence-corrected chi connectivity index (χ2v) is 10.1. The highest BCUT2D eigenvalue weighted by atomic mass is 16.1. The summed E-state index contributed by atoms with van der Waals surface area (Å²) < 4.78 is 0. The molecule has 0 heterocycles. The maximum atomic E-state index is 14.0. The van der Waals surface area contributed by atoms with Gasteiger partial charge in [-0.05, 0) is 40.5 Å². The quantitative estimate of drug-likeness (QED) is 0.165. The maximum Gasteiger partial charge on any atom is 0.150 e. The lowest BCUT2D eigenvalue weighted by atomic mass is 9.75. The van der Waals surface area contributed by atoms with Crippen molar-refractivity contribution >= 4 is 5.78 Å². The average molecular weight is 488 g/mol. The minimum Gasteiger partial charge on any atom is -0.298 e. The molecular formula is C35H37NO. The highest BCUT2D eigenvalue weighted by Gasteiger charge is 2.40. The van der Waals surface area contributed by atoms with E-state index in [1.54, 1.807) is 0 Å². The molecule has 188 valence electrons. The summed E-state index contributed by atoms with van der Waals surface area (Å²) in [6.45, 7) is 8.31. The van der Waals surface area contributed by atoms with E-state index in [0.717, 1.165) is 23.1 Å². The van der Waals surface area contributed by atoms with Crippen molar-refractivity contribution in [2.24, 2.45) is 11.8 Å². The number of allylic oxidation sites excluding steroid dienone is 1. The number of Topliss-reactive ketones (excluding diaryl/α,β-unsaturated/α-hetero) is 1. The molecule has 0 aliphatic heterocycles. The van der Waals surface area contributed by atoms with E-state index in [2.05, 4.69) is 111 Å². The van der Waals surface area contributed by atoms with Gasteiger partial charge in [0.25, 0.3) is 0 Å². The first-order chi connectivity index (χ1) is 18.0. The molecule has 0 aliphatic rings. The predicted molar refractivity (Wildman–Crippen MR) is 154 cm³/mol. The Hall–Kier alpha value is -3.75. The molecule has 0 aliphatic carbocycles. The third-order valence-corrected chi connectivity index (χ3v) is 7.14. The molecule has 0 saturated carbocycles. The van der Waals surface area contributed by atoms with Gasteiger partial charge in [0.2, 0.25) is 0 Å². The van der Waals surface area contributed by atoms with Crippen LogP contribution >= 0.6 is 0 Å². The fourth-order valence-corrected chi connectivity index (χ4v) is 5.21. The summed E-state index contributed by atoms with van der Waals surface area (Å²) in [7, 11) is 0. The van der Waals surface area contributed by atoms with Crippen molar-refractivity contribution in [2.75, 3.05) is 0 Å². The van der Waals surface area contributed by atoms with Crippen molar-refractivity contribution in [1.82, 2.24) is 5.32 Å². The van der Waals surface area contributed by atoms with Gasteiger partial charge in [-0.25, -0.2) is 0 Å². The molecule has 2 heteroatoms. The third kappa shape index (κ3) is 6.15. The Morgan fingerprint density at radius 1 is 0.730 bits per heavy atom. The molecule has 4 rings (SSSR count). The number of carbonyl (C=O) groups is 1. The first-order valence-electron chi connectivity index (χ1n) is 13.2. The number of hydrogen-bond acceptors (Lipinski definition) is 2. The van der Waals surface area contributed by atoms with Gasteiger partial charge >= 0.3 is 0 Å². The highest BCUT2D eigenvalue weighted by Crippen LogP contribution is 2.38. The molecule has 0 amide bonds. The Morgan fingerprint density at radius 3 is 1.51 bits per heavy atom. The molecule has 2 nitrogen and oxygen atoms in total. The SMILES string of the molecule is C=C[C@H](CC(=O)[C@@H](NC(c1ccccc1)(c1ccccc1)c1ccccc1)C(C)C)Cc1ccccc1. The summed E-state index contributed by atoms with van der Waals surface area (Å²) in [4.78, 5) is 14.0. The van der Waals surface area contributed by atoms with Crippen molar-refractivity contribution < 1.29 is 4.79 Å². The molecule has 4 aromatic carbocycles. The van der Waals surface area contributed by atoms with Crippen LogP contribution in [0.1, 0.15) is 42.5 Å². The number of hydrogen-bond donors (Lipinski definition) is 1. The van der Waals surface area contributed by atoms with E-state index in [1.807, 2.05) is 42.5 Å². The van der Waals surface area contributed by atoms with Gasteiger partial charge in [0.15, 0.2) is 5.78 Å². The first kappa shape index (κ1) is 26.3. The Morgan fingerprint density at radius 2 is 1.14 bits per heavy atom. The molecule has 0 saturated heterocycles. The van der Waals surface area contributed by atoms with Gasteiger partial charge < -0.3 is 0 Å². The van der Waals surface area contributed by atoms with Gasteiger partial charge in [0.1, 0.15) is 0 Å². The van der Waals surface area contributed by atoms with Crippen LogP contribution in [0, 0.1) is 11.8 Å². The van der Waals surface area contributed by atoms with Crippen LogP contribution in [0.2, 0.25) is 0 Å². The fraction of sp³-hybridized carbons (Fsp3) is 0.229. The summed E-state index contributed by atoms with van der Waals surface area (Å²) in [5.74, 6) is 0.394. The standard InChI is InChI=1S/C35H37NO/c1-4-28(25-29-17-9-5-10-18-29)26-33(37)34(27(2)3)36-35(30-19-11-6-12-20-30,31-21-13-7-14-22-31)32-23-15-8-16-24-32/h4-24,27-28,34,36H,1,25-26H2,2-3H3/t28-,34-/m0/s1. The van der Waals surface area contributed by atoms with Gasteiger partial charge in [0.05, 0.1) is 11.6 Å². The maximum absolute atomic E-state index is 14.0. The third-order valence-electron chi connectivity index (χ3n) is 7.14. The van der Waals surface area contributed by atoms with Crippen molar-refractivity contribution in [3.8, 4) is 0 Å². The van der Waals surface area contributed by atoms with Crippen LogP contribution in [0.15, 0.2) is 134 Å². The minimum absolute atomic E-state index is 0.0810. The van der Waals surface area contributed by atoms with E-state index in [1.165, 1.54) is 5.56 Å². The van der Waals surface area contributed by atoms with Gasteiger partial charge in [-0.2, -0.15) is 0 Å². The second kappa shape index (κ2) is 12.5. The minimum atomic E-state index is -0.683. The number of nitrogens with one attached hydrogen (secondary N) is 1. The van der Waals surface area contributed by atoms with Gasteiger partial charge in [-0.1, -0.05) is 141 Å². The monoisotopic (exact) mass is 487 g/mol. The average Bonchev–Trinajstić information content (AvgIpc) is 2.95. The first-order valence-corrected chi connectivity index (χ1v) is 13.2. The Bertz CT molecular complexity index is 1150. The van der Waals surface area contributed by atoms with Crippen LogP contribution in [0.25, 0.3) is 0 Å². The Kier molecular flexibility index (Phi) is 8.87. The lowest BCUT2D eigenvalue weighted by Gasteiger charge is -2.41. The summed E-state index contributed by atoms with van der Waals surface area (Å²) in [6.07, 6.45) is 3.19. The van der Waals surface area contributed by atoms with E-state index < -0.39 is 5.54 Å². The molecule has 0 unspecified atom stereocenters. The van der Waals surface area contributed by atoms with Crippen LogP contribution in [0.5, 0.6) is 0 Å². The zero-order valence-corrected chi connectivity index (χ0v) is 21.9. The van der Waals surface area contributed by atoms with E-state index in [0.29, 0.717) is 6.42 Å². The van der Waals surface area contributed by atoms with E-state index >= 15 is 0 Å². The number of ketones is 1.